The number of hydrogen-bond donors (Lipinski definition) is 1. The largest absolute Gasteiger partial charge is 0.497 e. The van der Waals surface area contributed by atoms with Gasteiger partial charge in [0.1, 0.15) is 5.75 Å². The molecule has 0 bridgehead atoms. The average molecular weight is 405 g/mol. The lowest BCUT2D eigenvalue weighted by atomic mass is 10.2. The fourth-order valence-corrected chi connectivity index (χ4v) is 3.86. The smallest absolute Gasteiger partial charge is 0.317 e. The molecule has 2 aliphatic heterocycles. The third kappa shape index (κ3) is 5.83. The SMILES string of the molecule is CCNC(=O)N1CCOC(CN2CCCN(C(=O)c3cccc(OC)c3)CC2)C1. The molecule has 0 aromatic heterocycles. The number of hydrogen-bond acceptors (Lipinski definition) is 5. The third-order valence-corrected chi connectivity index (χ3v) is 5.41. The van der Waals surface area contributed by atoms with Crippen LogP contribution in [0.5, 0.6) is 5.75 Å². The number of carbonyl (C=O) groups is 2. The summed E-state index contributed by atoms with van der Waals surface area (Å²) in [5.41, 5.74) is 0.658. The van der Waals surface area contributed by atoms with Gasteiger partial charge in [-0.05, 0) is 38.1 Å². The zero-order chi connectivity index (χ0) is 20.6. The van der Waals surface area contributed by atoms with Crippen molar-refractivity contribution in [3.8, 4) is 5.75 Å². The molecule has 2 heterocycles. The van der Waals surface area contributed by atoms with E-state index in [9.17, 15) is 9.59 Å². The van der Waals surface area contributed by atoms with E-state index in [1.54, 1.807) is 13.2 Å². The highest BCUT2D eigenvalue weighted by Gasteiger charge is 2.27. The Morgan fingerprint density at radius 1 is 1.17 bits per heavy atom. The van der Waals surface area contributed by atoms with E-state index in [1.807, 2.05) is 34.9 Å². The molecule has 2 aliphatic rings. The van der Waals surface area contributed by atoms with Gasteiger partial charge < -0.3 is 24.6 Å². The fourth-order valence-electron chi connectivity index (χ4n) is 3.86. The Hall–Kier alpha value is -2.32. The van der Waals surface area contributed by atoms with Gasteiger partial charge in [-0.2, -0.15) is 0 Å². The summed E-state index contributed by atoms with van der Waals surface area (Å²) < 4.78 is 11.1. The highest BCUT2D eigenvalue weighted by atomic mass is 16.5. The van der Waals surface area contributed by atoms with Crippen LogP contribution in [0, 0.1) is 0 Å². The van der Waals surface area contributed by atoms with Crippen LogP contribution in [0.25, 0.3) is 0 Å². The predicted octanol–water partition coefficient (Wildman–Crippen LogP) is 1.27. The summed E-state index contributed by atoms with van der Waals surface area (Å²) in [6.45, 7) is 8.27. The molecule has 2 fully saturated rings. The second kappa shape index (κ2) is 10.5. The van der Waals surface area contributed by atoms with Crippen LogP contribution in [-0.4, -0.2) is 98.8 Å². The molecule has 0 radical (unpaired) electrons. The van der Waals surface area contributed by atoms with E-state index in [0.717, 1.165) is 32.6 Å². The molecule has 0 spiro atoms. The minimum absolute atomic E-state index is 0.00647. The van der Waals surface area contributed by atoms with E-state index in [1.165, 1.54) is 0 Å². The van der Waals surface area contributed by atoms with Crippen molar-refractivity contribution in [1.29, 1.82) is 0 Å². The Morgan fingerprint density at radius 2 is 2.03 bits per heavy atom. The molecule has 0 saturated carbocycles. The average Bonchev–Trinajstić information content (AvgIpc) is 2.99. The van der Waals surface area contributed by atoms with Crippen molar-refractivity contribution >= 4 is 11.9 Å². The Balaban J connectivity index is 1.51. The number of nitrogens with one attached hydrogen (secondary N) is 1. The van der Waals surface area contributed by atoms with Crippen LogP contribution in [0.2, 0.25) is 0 Å². The number of carbonyl (C=O) groups excluding carboxylic acids is 2. The molecule has 1 atom stereocenters. The summed E-state index contributed by atoms with van der Waals surface area (Å²) in [6, 6.07) is 7.29. The number of benzene rings is 1. The van der Waals surface area contributed by atoms with Gasteiger partial charge in [-0.3, -0.25) is 9.69 Å². The molecule has 1 aromatic carbocycles. The topological polar surface area (TPSA) is 74.4 Å². The molecule has 29 heavy (non-hydrogen) atoms. The van der Waals surface area contributed by atoms with Crippen LogP contribution in [0.3, 0.4) is 0 Å². The van der Waals surface area contributed by atoms with Gasteiger partial charge in [0, 0.05) is 51.4 Å². The Kier molecular flexibility index (Phi) is 7.71. The molecule has 3 rings (SSSR count). The Bertz CT molecular complexity index is 699. The molecule has 1 unspecified atom stereocenters. The van der Waals surface area contributed by atoms with Gasteiger partial charge in [0.2, 0.25) is 0 Å². The van der Waals surface area contributed by atoms with Crippen molar-refractivity contribution in [3.63, 3.8) is 0 Å². The second-order valence-electron chi connectivity index (χ2n) is 7.45. The first kappa shape index (κ1) is 21.4. The van der Waals surface area contributed by atoms with Crippen molar-refractivity contribution in [1.82, 2.24) is 20.0 Å². The van der Waals surface area contributed by atoms with E-state index in [0.29, 0.717) is 44.1 Å². The maximum absolute atomic E-state index is 12.9. The number of ether oxygens (including phenoxy) is 2. The number of methoxy groups -OCH3 is 1. The Morgan fingerprint density at radius 3 is 2.83 bits per heavy atom. The molecular formula is C21H32N4O4. The second-order valence-corrected chi connectivity index (χ2v) is 7.45. The lowest BCUT2D eigenvalue weighted by molar-refractivity contribution is -0.0298. The summed E-state index contributed by atoms with van der Waals surface area (Å²) in [7, 11) is 1.60. The molecule has 2 saturated heterocycles. The van der Waals surface area contributed by atoms with Gasteiger partial charge in [-0.1, -0.05) is 6.07 Å². The maximum atomic E-state index is 12.9. The van der Waals surface area contributed by atoms with Gasteiger partial charge >= 0.3 is 6.03 Å². The van der Waals surface area contributed by atoms with Crippen molar-refractivity contribution in [3.05, 3.63) is 29.8 Å². The fraction of sp³-hybridized carbons (Fsp3) is 0.619. The lowest BCUT2D eigenvalue weighted by Gasteiger charge is -2.35. The number of rotatable bonds is 5. The van der Waals surface area contributed by atoms with Crippen LogP contribution < -0.4 is 10.1 Å². The highest BCUT2D eigenvalue weighted by Crippen LogP contribution is 2.16. The van der Waals surface area contributed by atoms with Crippen LogP contribution in [-0.2, 0) is 4.74 Å². The molecule has 160 valence electrons. The van der Waals surface area contributed by atoms with Crippen LogP contribution in [0.1, 0.15) is 23.7 Å². The first-order valence-corrected chi connectivity index (χ1v) is 10.4. The van der Waals surface area contributed by atoms with Crippen molar-refractivity contribution in [2.24, 2.45) is 0 Å². The minimum Gasteiger partial charge on any atom is -0.497 e. The van der Waals surface area contributed by atoms with Gasteiger partial charge in [-0.25, -0.2) is 4.79 Å². The Labute approximate surface area is 172 Å². The predicted molar refractivity (Wildman–Crippen MR) is 110 cm³/mol. The zero-order valence-corrected chi connectivity index (χ0v) is 17.4. The van der Waals surface area contributed by atoms with E-state index in [-0.39, 0.29) is 18.0 Å². The van der Waals surface area contributed by atoms with Gasteiger partial charge in [-0.15, -0.1) is 0 Å². The molecule has 1 aromatic rings. The zero-order valence-electron chi connectivity index (χ0n) is 17.4. The summed E-state index contributed by atoms with van der Waals surface area (Å²) in [4.78, 5) is 31.0. The maximum Gasteiger partial charge on any atom is 0.317 e. The van der Waals surface area contributed by atoms with E-state index >= 15 is 0 Å². The van der Waals surface area contributed by atoms with Gasteiger partial charge in [0.05, 0.1) is 19.8 Å². The van der Waals surface area contributed by atoms with Gasteiger partial charge in [0.25, 0.3) is 5.91 Å². The number of urea groups is 1. The number of nitrogens with zero attached hydrogens (tertiary/aromatic N) is 3. The number of amides is 3. The normalized spacial score (nSPS) is 20.8. The first-order chi connectivity index (χ1) is 14.1. The molecule has 8 heteroatoms. The monoisotopic (exact) mass is 404 g/mol. The summed E-state index contributed by atoms with van der Waals surface area (Å²) >= 11 is 0. The standard InChI is InChI=1S/C21H32N4O4/c1-3-22-21(27)25-12-13-29-19(16-25)15-23-8-5-9-24(11-10-23)20(26)17-6-4-7-18(14-17)28-2/h4,6-7,14,19H,3,5,8-13,15-16H2,1-2H3,(H,22,27). The summed E-state index contributed by atoms with van der Waals surface area (Å²) in [5, 5.41) is 2.86. The van der Waals surface area contributed by atoms with Crippen molar-refractivity contribution < 1.29 is 19.1 Å². The summed E-state index contributed by atoms with van der Waals surface area (Å²) in [6.07, 6.45) is 0.926. The van der Waals surface area contributed by atoms with Crippen LogP contribution >= 0.6 is 0 Å². The molecule has 3 amide bonds. The molecule has 1 N–H and O–H groups in total. The highest BCUT2D eigenvalue weighted by molar-refractivity contribution is 5.94. The van der Waals surface area contributed by atoms with Gasteiger partial charge in [0.15, 0.2) is 0 Å². The molecule has 0 aliphatic carbocycles. The van der Waals surface area contributed by atoms with E-state index < -0.39 is 0 Å². The van der Waals surface area contributed by atoms with E-state index in [4.69, 9.17) is 9.47 Å². The van der Waals surface area contributed by atoms with Crippen molar-refractivity contribution in [2.75, 3.05) is 66.1 Å². The van der Waals surface area contributed by atoms with Crippen LogP contribution in [0.15, 0.2) is 24.3 Å². The van der Waals surface area contributed by atoms with E-state index in [2.05, 4.69) is 10.2 Å². The quantitative estimate of drug-likeness (QED) is 0.800. The summed E-state index contributed by atoms with van der Waals surface area (Å²) in [5.74, 6) is 0.737. The molecular weight excluding hydrogens is 372 g/mol. The number of morpholine rings is 1. The third-order valence-electron chi connectivity index (χ3n) is 5.41. The van der Waals surface area contributed by atoms with Crippen LogP contribution in [0.4, 0.5) is 4.79 Å². The lowest BCUT2D eigenvalue weighted by Crippen LogP contribution is -2.52. The van der Waals surface area contributed by atoms with Crippen molar-refractivity contribution in [2.45, 2.75) is 19.4 Å². The molecule has 8 nitrogen and oxygen atoms in total. The first-order valence-electron chi connectivity index (χ1n) is 10.4. The minimum atomic E-state index is -0.0215.